The molecular formula is C20H17N3O2S2. The fourth-order valence-electron chi connectivity index (χ4n) is 2.84. The number of nitrogens with zero attached hydrogens (tertiary/aromatic N) is 1. The molecule has 0 bridgehead atoms. The molecule has 0 saturated carbocycles. The van der Waals surface area contributed by atoms with E-state index in [2.05, 4.69) is 15.5 Å². The average Bonchev–Trinajstić information content (AvgIpc) is 3.45. The van der Waals surface area contributed by atoms with Crippen LogP contribution in [0, 0.1) is 0 Å². The van der Waals surface area contributed by atoms with E-state index in [-0.39, 0.29) is 5.91 Å². The first kappa shape index (κ1) is 17.5. The molecule has 0 radical (unpaired) electrons. The minimum absolute atomic E-state index is 0.170. The molecule has 0 spiro atoms. The summed E-state index contributed by atoms with van der Waals surface area (Å²) < 4.78 is 5.60. The summed E-state index contributed by atoms with van der Waals surface area (Å²) in [5, 5.41) is 15.1. The smallest absolute Gasteiger partial charge is 0.255 e. The van der Waals surface area contributed by atoms with Gasteiger partial charge in [0.15, 0.2) is 0 Å². The van der Waals surface area contributed by atoms with Crippen molar-refractivity contribution in [1.29, 1.82) is 0 Å². The second-order valence-corrected chi connectivity index (χ2v) is 7.80. The largest absolute Gasteiger partial charge is 0.495 e. The topological polar surface area (TPSA) is 67.0 Å². The predicted octanol–water partition coefficient (Wildman–Crippen LogP) is 4.79. The molecular weight excluding hydrogens is 378 g/mol. The van der Waals surface area contributed by atoms with Gasteiger partial charge in [0.1, 0.15) is 5.75 Å². The lowest BCUT2D eigenvalue weighted by Gasteiger charge is -2.10. The van der Waals surface area contributed by atoms with Crippen LogP contribution in [0.25, 0.3) is 23.1 Å². The number of ether oxygens (including phenoxy) is 1. The van der Waals surface area contributed by atoms with Crippen LogP contribution in [0.5, 0.6) is 5.75 Å². The summed E-state index contributed by atoms with van der Waals surface area (Å²) in [5.41, 5.74) is 2.06. The number of hydrogen-bond donors (Lipinski definition) is 2. The Hall–Kier alpha value is -2.90. The highest BCUT2D eigenvalue weighted by Gasteiger charge is 2.18. The monoisotopic (exact) mass is 395 g/mol. The number of rotatable bonds is 6. The van der Waals surface area contributed by atoms with Crippen LogP contribution in [0.4, 0.5) is 0 Å². The van der Waals surface area contributed by atoms with E-state index >= 15 is 0 Å². The van der Waals surface area contributed by atoms with Gasteiger partial charge in [-0.2, -0.15) is 5.10 Å². The van der Waals surface area contributed by atoms with Gasteiger partial charge in [0.2, 0.25) is 0 Å². The Labute approximate surface area is 164 Å². The maximum absolute atomic E-state index is 12.7. The van der Waals surface area contributed by atoms with E-state index in [0.29, 0.717) is 17.9 Å². The van der Waals surface area contributed by atoms with Crippen molar-refractivity contribution in [3.63, 3.8) is 0 Å². The number of methoxy groups -OCH3 is 1. The number of aromatic amines is 1. The lowest BCUT2D eigenvalue weighted by molar-refractivity contribution is 0.0948. The molecule has 4 rings (SSSR count). The summed E-state index contributed by atoms with van der Waals surface area (Å²) in [6.07, 6.45) is 3.97. The molecule has 3 heterocycles. The van der Waals surface area contributed by atoms with Crippen LogP contribution >= 0.6 is 22.7 Å². The molecule has 1 aromatic carbocycles. The number of amides is 1. The van der Waals surface area contributed by atoms with Gasteiger partial charge in [0, 0.05) is 9.75 Å². The zero-order valence-corrected chi connectivity index (χ0v) is 16.2. The Morgan fingerprint density at radius 3 is 2.78 bits per heavy atom. The van der Waals surface area contributed by atoms with Gasteiger partial charge in [-0.1, -0.05) is 12.1 Å². The zero-order chi connectivity index (χ0) is 18.6. The molecule has 7 heteroatoms. The normalized spacial score (nSPS) is 11.3. The number of benzene rings is 1. The first-order valence-electron chi connectivity index (χ1n) is 8.33. The van der Waals surface area contributed by atoms with Crippen molar-refractivity contribution in [3.8, 4) is 5.75 Å². The highest BCUT2D eigenvalue weighted by Crippen LogP contribution is 2.32. The minimum Gasteiger partial charge on any atom is -0.495 e. The Morgan fingerprint density at radius 1 is 1.19 bits per heavy atom. The molecule has 0 aliphatic rings. The van der Waals surface area contributed by atoms with Crippen molar-refractivity contribution in [3.05, 3.63) is 68.2 Å². The van der Waals surface area contributed by atoms with Crippen LogP contribution in [0.3, 0.4) is 0 Å². The summed E-state index contributed by atoms with van der Waals surface area (Å²) in [6.45, 7) is 0.494. The number of thiophene rings is 2. The Morgan fingerprint density at radius 2 is 2.04 bits per heavy atom. The van der Waals surface area contributed by atoms with Crippen molar-refractivity contribution < 1.29 is 9.53 Å². The van der Waals surface area contributed by atoms with E-state index in [1.807, 2.05) is 53.2 Å². The highest BCUT2D eigenvalue weighted by atomic mass is 32.1. The molecule has 0 fully saturated rings. The van der Waals surface area contributed by atoms with Gasteiger partial charge < -0.3 is 10.1 Å². The third-order valence-electron chi connectivity index (χ3n) is 4.11. The van der Waals surface area contributed by atoms with Crippen molar-refractivity contribution in [2.45, 2.75) is 6.54 Å². The Balaban J connectivity index is 1.67. The summed E-state index contributed by atoms with van der Waals surface area (Å²) in [7, 11) is 1.57. The first-order valence-corrected chi connectivity index (χ1v) is 10.1. The van der Waals surface area contributed by atoms with Crippen molar-refractivity contribution in [2.75, 3.05) is 7.11 Å². The van der Waals surface area contributed by atoms with Crippen LogP contribution < -0.4 is 10.1 Å². The van der Waals surface area contributed by atoms with E-state index in [4.69, 9.17) is 4.74 Å². The van der Waals surface area contributed by atoms with Gasteiger partial charge in [0.25, 0.3) is 5.91 Å². The maximum atomic E-state index is 12.7. The Bertz CT molecular complexity index is 1080. The maximum Gasteiger partial charge on any atom is 0.255 e. The van der Waals surface area contributed by atoms with Crippen LogP contribution in [-0.4, -0.2) is 23.2 Å². The first-order chi connectivity index (χ1) is 13.3. The molecule has 0 aliphatic heterocycles. The number of hydrogen-bond acceptors (Lipinski definition) is 5. The predicted molar refractivity (Wildman–Crippen MR) is 111 cm³/mol. The number of nitrogens with one attached hydrogen (secondary N) is 2. The fraction of sp³-hybridized carbons (Fsp3) is 0.100. The number of H-pyrrole nitrogens is 1. The van der Waals surface area contributed by atoms with E-state index in [1.165, 1.54) is 0 Å². The molecule has 136 valence electrons. The van der Waals surface area contributed by atoms with Crippen LogP contribution in [0.1, 0.15) is 25.8 Å². The summed E-state index contributed by atoms with van der Waals surface area (Å²) in [5.74, 6) is 0.354. The second-order valence-electron chi connectivity index (χ2n) is 5.79. The van der Waals surface area contributed by atoms with Crippen LogP contribution in [-0.2, 0) is 6.54 Å². The summed E-state index contributed by atoms with van der Waals surface area (Å²) in [6, 6.07) is 11.6. The number of aromatic nitrogens is 2. The number of carbonyl (C=O) groups is 1. The quantitative estimate of drug-likeness (QED) is 0.493. The third kappa shape index (κ3) is 3.65. The number of fused-ring (bicyclic) bond motifs is 1. The molecule has 5 nitrogen and oxygen atoms in total. The van der Waals surface area contributed by atoms with Gasteiger partial charge in [0.05, 0.1) is 35.8 Å². The molecule has 0 saturated heterocycles. The Kier molecular flexibility index (Phi) is 5.04. The van der Waals surface area contributed by atoms with Gasteiger partial charge in [-0.25, -0.2) is 0 Å². The summed E-state index contributed by atoms with van der Waals surface area (Å²) >= 11 is 3.27. The molecule has 27 heavy (non-hydrogen) atoms. The SMILES string of the molecule is COc1c(C(=O)NCc2cccs2)ccc2n[nH]c(C=Cc3cccs3)c12. The third-order valence-corrected chi connectivity index (χ3v) is 5.83. The number of carbonyl (C=O) groups excluding carboxylic acids is 1. The van der Waals surface area contributed by atoms with Crippen molar-refractivity contribution in [1.82, 2.24) is 15.5 Å². The second kappa shape index (κ2) is 7.77. The van der Waals surface area contributed by atoms with E-state index in [9.17, 15) is 4.79 Å². The highest BCUT2D eigenvalue weighted by molar-refractivity contribution is 7.11. The average molecular weight is 396 g/mol. The van der Waals surface area contributed by atoms with Gasteiger partial charge >= 0.3 is 0 Å². The standard InChI is InChI=1S/C20H17N3O2S2/c1-25-19-15(20(24)21-12-14-5-3-11-27-14)7-9-17-18(19)16(22-23-17)8-6-13-4-2-10-26-13/h2-11H,12H2,1H3,(H,21,24)(H,22,23). The molecule has 1 amide bonds. The lowest BCUT2D eigenvalue weighted by Crippen LogP contribution is -2.22. The lowest BCUT2D eigenvalue weighted by atomic mass is 10.1. The van der Waals surface area contributed by atoms with Crippen LogP contribution in [0.15, 0.2) is 47.2 Å². The summed E-state index contributed by atoms with van der Waals surface area (Å²) in [4.78, 5) is 15.0. The van der Waals surface area contributed by atoms with Crippen LogP contribution in [0.2, 0.25) is 0 Å². The van der Waals surface area contributed by atoms with Crippen molar-refractivity contribution in [2.24, 2.45) is 0 Å². The molecule has 2 N–H and O–H groups in total. The molecule has 4 aromatic rings. The van der Waals surface area contributed by atoms with E-state index in [0.717, 1.165) is 26.4 Å². The minimum atomic E-state index is -0.170. The van der Waals surface area contributed by atoms with E-state index in [1.54, 1.807) is 35.8 Å². The zero-order valence-electron chi connectivity index (χ0n) is 14.6. The fourth-order valence-corrected chi connectivity index (χ4v) is 4.10. The van der Waals surface area contributed by atoms with Gasteiger partial charge in [-0.05, 0) is 47.2 Å². The molecule has 0 atom stereocenters. The van der Waals surface area contributed by atoms with Crippen molar-refractivity contribution >= 4 is 51.6 Å². The molecule has 0 unspecified atom stereocenters. The molecule has 0 aliphatic carbocycles. The molecule has 3 aromatic heterocycles. The van der Waals surface area contributed by atoms with E-state index < -0.39 is 0 Å². The van der Waals surface area contributed by atoms with Gasteiger partial charge in [-0.15, -0.1) is 22.7 Å². The van der Waals surface area contributed by atoms with Gasteiger partial charge in [-0.3, -0.25) is 9.89 Å².